The van der Waals surface area contributed by atoms with Crippen LogP contribution in [0.5, 0.6) is 0 Å². The third kappa shape index (κ3) is 5.00. The normalized spacial score (nSPS) is 14.9. The molecule has 1 aliphatic rings. The minimum atomic E-state index is -0.505. The third-order valence-electron chi connectivity index (χ3n) is 4.71. The summed E-state index contributed by atoms with van der Waals surface area (Å²) in [5.41, 5.74) is 0.593. The molecule has 0 saturated carbocycles. The Labute approximate surface area is 168 Å². The number of pyridine rings is 1. The molecule has 0 bridgehead atoms. The van der Waals surface area contributed by atoms with Crippen molar-refractivity contribution in [3.05, 3.63) is 53.2 Å². The number of nitrogens with zero attached hydrogens (tertiary/aromatic N) is 3. The van der Waals surface area contributed by atoms with Crippen LogP contribution in [0.1, 0.15) is 43.6 Å². The Morgan fingerprint density at radius 1 is 1.00 bits per heavy atom. The first-order valence-electron chi connectivity index (χ1n) is 9.25. The Hall–Kier alpha value is -3.20. The van der Waals surface area contributed by atoms with Gasteiger partial charge in [0.2, 0.25) is 5.76 Å². The molecule has 0 aromatic carbocycles. The Balaban J connectivity index is 1.57. The summed E-state index contributed by atoms with van der Waals surface area (Å²) in [5, 5.41) is 0. The lowest BCUT2D eigenvalue weighted by Crippen LogP contribution is -2.35. The predicted molar refractivity (Wildman–Crippen MR) is 101 cm³/mol. The fourth-order valence-electron chi connectivity index (χ4n) is 3.15. The van der Waals surface area contributed by atoms with E-state index in [4.69, 9.17) is 4.42 Å². The van der Waals surface area contributed by atoms with Crippen molar-refractivity contribution in [2.24, 2.45) is 0 Å². The summed E-state index contributed by atoms with van der Waals surface area (Å²) in [4.78, 5) is 43.7. The summed E-state index contributed by atoms with van der Waals surface area (Å²) in [6.07, 6.45) is 2.15. The lowest BCUT2D eigenvalue weighted by Gasteiger charge is -2.21. The molecule has 29 heavy (non-hydrogen) atoms. The van der Waals surface area contributed by atoms with E-state index in [2.05, 4.69) is 19.4 Å². The molecule has 1 amide bonds. The van der Waals surface area contributed by atoms with Gasteiger partial charge >= 0.3 is 11.9 Å². The topological polar surface area (TPSA) is 102 Å². The monoisotopic (exact) mass is 401 g/mol. The number of hydrogen-bond acceptors (Lipinski definition) is 8. The zero-order valence-corrected chi connectivity index (χ0v) is 16.4. The van der Waals surface area contributed by atoms with Crippen LogP contribution in [0.25, 0.3) is 0 Å². The molecule has 3 rings (SSSR count). The van der Waals surface area contributed by atoms with Gasteiger partial charge in [0.05, 0.1) is 26.3 Å². The van der Waals surface area contributed by atoms with Gasteiger partial charge in [0.1, 0.15) is 11.5 Å². The number of esters is 2. The van der Waals surface area contributed by atoms with Gasteiger partial charge in [-0.1, -0.05) is 0 Å². The highest BCUT2D eigenvalue weighted by molar-refractivity contribution is 5.94. The largest absolute Gasteiger partial charge is 0.465 e. The molecule has 0 radical (unpaired) electrons. The molecule has 0 N–H and O–H groups in total. The van der Waals surface area contributed by atoms with Crippen LogP contribution in [0.2, 0.25) is 0 Å². The van der Waals surface area contributed by atoms with Crippen LogP contribution in [-0.4, -0.2) is 73.0 Å². The van der Waals surface area contributed by atoms with Gasteiger partial charge < -0.3 is 18.8 Å². The molecular formula is C20H23N3O6. The average molecular weight is 401 g/mol. The Bertz CT molecular complexity index is 877. The van der Waals surface area contributed by atoms with E-state index in [1.807, 2.05) is 0 Å². The molecule has 9 nitrogen and oxygen atoms in total. The third-order valence-corrected chi connectivity index (χ3v) is 4.71. The van der Waals surface area contributed by atoms with Crippen molar-refractivity contribution in [2.75, 3.05) is 40.4 Å². The summed E-state index contributed by atoms with van der Waals surface area (Å²) in [6, 6.07) is 6.42. The number of furan rings is 1. The number of methoxy groups -OCH3 is 2. The predicted octanol–water partition coefficient (Wildman–Crippen LogP) is 1.60. The van der Waals surface area contributed by atoms with E-state index in [1.165, 1.54) is 32.5 Å². The first kappa shape index (κ1) is 20.5. The van der Waals surface area contributed by atoms with Crippen LogP contribution in [0.15, 0.2) is 34.9 Å². The standard InChI is InChI=1S/C20H23N3O6/c1-27-19(25)14-4-6-16(21-12-14)18(24)23-9-3-8-22(10-11-23)13-15-5-7-17(29-15)20(26)28-2/h4-7,12H,3,8-11,13H2,1-2H3. The molecular weight excluding hydrogens is 378 g/mol. The molecule has 1 fully saturated rings. The van der Waals surface area contributed by atoms with Crippen LogP contribution >= 0.6 is 0 Å². The number of carbonyl (C=O) groups is 3. The van der Waals surface area contributed by atoms with Crippen LogP contribution in [0.4, 0.5) is 0 Å². The number of aromatic nitrogens is 1. The maximum atomic E-state index is 12.7. The van der Waals surface area contributed by atoms with Crippen molar-refractivity contribution in [3.63, 3.8) is 0 Å². The minimum Gasteiger partial charge on any atom is -0.465 e. The highest BCUT2D eigenvalue weighted by Gasteiger charge is 2.22. The number of hydrogen-bond donors (Lipinski definition) is 0. The van der Waals surface area contributed by atoms with Crippen LogP contribution in [0.3, 0.4) is 0 Å². The quantitative estimate of drug-likeness (QED) is 0.696. The molecule has 0 unspecified atom stereocenters. The fraction of sp³-hybridized carbons (Fsp3) is 0.400. The number of ether oxygens (including phenoxy) is 2. The summed E-state index contributed by atoms with van der Waals surface area (Å²) in [7, 11) is 2.60. The summed E-state index contributed by atoms with van der Waals surface area (Å²) >= 11 is 0. The van der Waals surface area contributed by atoms with E-state index in [0.29, 0.717) is 43.2 Å². The second-order valence-electron chi connectivity index (χ2n) is 6.60. The fourth-order valence-corrected chi connectivity index (χ4v) is 3.15. The number of amides is 1. The van der Waals surface area contributed by atoms with Gasteiger partial charge in [0, 0.05) is 32.4 Å². The first-order valence-corrected chi connectivity index (χ1v) is 9.25. The lowest BCUT2D eigenvalue weighted by molar-refractivity contribution is 0.0559. The average Bonchev–Trinajstić information content (AvgIpc) is 3.10. The SMILES string of the molecule is COC(=O)c1ccc(C(=O)N2CCCN(Cc3ccc(C(=O)OC)o3)CC2)nc1. The van der Waals surface area contributed by atoms with Gasteiger partial charge in [-0.2, -0.15) is 0 Å². The van der Waals surface area contributed by atoms with Crippen molar-refractivity contribution >= 4 is 17.8 Å². The van der Waals surface area contributed by atoms with E-state index >= 15 is 0 Å². The van der Waals surface area contributed by atoms with Crippen molar-refractivity contribution in [1.29, 1.82) is 0 Å². The summed E-state index contributed by atoms with van der Waals surface area (Å²) in [5.74, 6) is -0.320. The van der Waals surface area contributed by atoms with Gasteiger partial charge in [0.15, 0.2) is 0 Å². The smallest absolute Gasteiger partial charge is 0.373 e. The van der Waals surface area contributed by atoms with Gasteiger partial charge in [-0.15, -0.1) is 0 Å². The van der Waals surface area contributed by atoms with E-state index in [0.717, 1.165) is 13.0 Å². The molecule has 154 valence electrons. The van der Waals surface area contributed by atoms with E-state index in [9.17, 15) is 14.4 Å². The minimum absolute atomic E-state index is 0.172. The first-order chi connectivity index (χ1) is 14.0. The molecule has 2 aromatic rings. The van der Waals surface area contributed by atoms with Gasteiger partial charge in [-0.05, 0) is 30.7 Å². The molecule has 0 spiro atoms. The molecule has 2 aromatic heterocycles. The highest BCUT2D eigenvalue weighted by atomic mass is 16.5. The van der Waals surface area contributed by atoms with Crippen molar-refractivity contribution in [1.82, 2.24) is 14.8 Å². The van der Waals surface area contributed by atoms with Crippen molar-refractivity contribution in [3.8, 4) is 0 Å². The van der Waals surface area contributed by atoms with Crippen molar-refractivity contribution in [2.45, 2.75) is 13.0 Å². The van der Waals surface area contributed by atoms with E-state index in [1.54, 1.807) is 17.0 Å². The summed E-state index contributed by atoms with van der Waals surface area (Å²) < 4.78 is 14.8. The molecule has 0 atom stereocenters. The highest BCUT2D eigenvalue weighted by Crippen LogP contribution is 2.14. The zero-order valence-electron chi connectivity index (χ0n) is 16.4. The Kier molecular flexibility index (Phi) is 6.61. The number of carbonyl (C=O) groups excluding carboxylic acids is 3. The second kappa shape index (κ2) is 9.33. The van der Waals surface area contributed by atoms with Crippen LogP contribution in [0, 0.1) is 0 Å². The maximum absolute atomic E-state index is 12.7. The molecule has 1 aliphatic heterocycles. The maximum Gasteiger partial charge on any atom is 0.373 e. The summed E-state index contributed by atoms with van der Waals surface area (Å²) in [6.45, 7) is 3.17. The molecule has 9 heteroatoms. The van der Waals surface area contributed by atoms with E-state index in [-0.39, 0.29) is 11.7 Å². The van der Waals surface area contributed by atoms with E-state index < -0.39 is 11.9 Å². The van der Waals surface area contributed by atoms with Gasteiger partial charge in [-0.25, -0.2) is 9.59 Å². The second-order valence-corrected chi connectivity index (χ2v) is 6.60. The number of rotatable bonds is 5. The lowest BCUT2D eigenvalue weighted by atomic mass is 10.2. The Morgan fingerprint density at radius 2 is 1.79 bits per heavy atom. The molecule has 0 aliphatic carbocycles. The van der Waals surface area contributed by atoms with Crippen molar-refractivity contribution < 1.29 is 28.3 Å². The van der Waals surface area contributed by atoms with Crippen LogP contribution < -0.4 is 0 Å². The Morgan fingerprint density at radius 3 is 2.48 bits per heavy atom. The van der Waals surface area contributed by atoms with Gasteiger partial charge in [-0.3, -0.25) is 14.7 Å². The molecule has 1 saturated heterocycles. The van der Waals surface area contributed by atoms with Gasteiger partial charge in [0.25, 0.3) is 5.91 Å². The zero-order chi connectivity index (χ0) is 20.8. The van der Waals surface area contributed by atoms with Crippen LogP contribution in [-0.2, 0) is 16.0 Å². The molecule has 3 heterocycles.